The first kappa shape index (κ1) is 13.5. The van der Waals surface area contributed by atoms with Gasteiger partial charge in [0.15, 0.2) is 5.78 Å². The van der Waals surface area contributed by atoms with Crippen LogP contribution in [-0.4, -0.2) is 22.4 Å². The molecule has 0 saturated heterocycles. The van der Waals surface area contributed by atoms with Gasteiger partial charge in [-0.3, -0.25) is 4.79 Å². The summed E-state index contributed by atoms with van der Waals surface area (Å²) in [6.07, 6.45) is 6.30. The van der Waals surface area contributed by atoms with Gasteiger partial charge in [0.05, 0.1) is 16.6 Å². The minimum atomic E-state index is 0.0388. The molecule has 2 aromatic heterocycles. The first-order chi connectivity index (χ1) is 9.12. The van der Waals surface area contributed by atoms with Crippen molar-refractivity contribution >= 4 is 27.5 Å². The number of hydrogen-bond donors (Lipinski definition) is 1. The van der Waals surface area contributed by atoms with Gasteiger partial charge in [-0.2, -0.15) is 5.10 Å². The van der Waals surface area contributed by atoms with Gasteiger partial charge in [-0.25, -0.2) is 4.52 Å². The highest BCUT2D eigenvalue weighted by Gasteiger charge is 2.14. The molecule has 0 fully saturated rings. The lowest BCUT2D eigenvalue weighted by Gasteiger charge is -2.08. The van der Waals surface area contributed by atoms with Crippen LogP contribution in [-0.2, 0) is 0 Å². The van der Waals surface area contributed by atoms with Crippen LogP contribution < -0.4 is 5.32 Å². The summed E-state index contributed by atoms with van der Waals surface area (Å²) < 4.78 is 1.75. The van der Waals surface area contributed by atoms with E-state index in [9.17, 15) is 4.79 Å². The van der Waals surface area contributed by atoms with Crippen LogP contribution in [0.3, 0.4) is 0 Å². The highest BCUT2D eigenvalue weighted by molar-refractivity contribution is 7.18. The van der Waals surface area contributed by atoms with Crippen molar-refractivity contribution in [3.8, 4) is 0 Å². The van der Waals surface area contributed by atoms with Crippen molar-refractivity contribution < 1.29 is 4.79 Å². The minimum absolute atomic E-state index is 0.0388. The molecule has 0 unspecified atom stereocenters. The fraction of sp³-hybridized carbons (Fsp3) is 0.286. The molecule has 0 amide bonds. The van der Waals surface area contributed by atoms with Crippen LogP contribution in [0, 0.1) is 0 Å². The lowest BCUT2D eigenvalue weighted by Crippen LogP contribution is -2.06. The molecule has 0 atom stereocenters. The maximum Gasteiger partial charge on any atom is 0.164 e. The van der Waals surface area contributed by atoms with E-state index >= 15 is 0 Å². The molecular formula is C14H17N3OS. The van der Waals surface area contributed by atoms with E-state index in [2.05, 4.69) is 23.9 Å². The van der Waals surface area contributed by atoms with E-state index in [0.717, 1.165) is 27.4 Å². The van der Waals surface area contributed by atoms with E-state index in [1.807, 2.05) is 19.3 Å². The van der Waals surface area contributed by atoms with Crippen molar-refractivity contribution in [3.63, 3.8) is 0 Å². The first-order valence-electron chi connectivity index (χ1n) is 6.14. The molecule has 0 bridgehead atoms. The maximum atomic E-state index is 11.5. The molecule has 1 N–H and O–H groups in total. The van der Waals surface area contributed by atoms with Gasteiger partial charge in [-0.1, -0.05) is 19.6 Å². The fourth-order valence-corrected chi connectivity index (χ4v) is 3.20. The van der Waals surface area contributed by atoms with Crippen LogP contribution in [0.2, 0.25) is 0 Å². The van der Waals surface area contributed by atoms with Crippen LogP contribution in [0.15, 0.2) is 30.7 Å². The number of thiazole rings is 1. The van der Waals surface area contributed by atoms with Gasteiger partial charge < -0.3 is 5.32 Å². The van der Waals surface area contributed by atoms with E-state index in [-0.39, 0.29) is 5.78 Å². The van der Waals surface area contributed by atoms with Crippen molar-refractivity contribution in [2.24, 2.45) is 0 Å². The Morgan fingerprint density at radius 3 is 2.89 bits per heavy atom. The Balaban J connectivity index is 2.60. The zero-order valence-electron chi connectivity index (χ0n) is 11.4. The maximum absolute atomic E-state index is 11.5. The van der Waals surface area contributed by atoms with E-state index in [1.165, 1.54) is 0 Å². The summed E-state index contributed by atoms with van der Waals surface area (Å²) in [6, 6.07) is 0. The average molecular weight is 275 g/mol. The summed E-state index contributed by atoms with van der Waals surface area (Å²) >= 11 is 1.56. The topological polar surface area (TPSA) is 46.4 Å². The molecule has 2 aromatic rings. The standard InChI is InChI=1S/C14H17N3OS/c1-5-10(12(6-2)15-4)13-8-17-14(19-13)11(7-16-17)9(3)18/h5,7-8,15H,1,6H2,2-4H3/b12-10+. The molecule has 0 aliphatic rings. The molecule has 0 radical (unpaired) electrons. The molecule has 0 aromatic carbocycles. The molecule has 5 heteroatoms. The number of nitrogens with zero attached hydrogens (tertiary/aromatic N) is 2. The molecule has 0 saturated carbocycles. The lowest BCUT2D eigenvalue weighted by molar-refractivity contribution is 0.101. The number of allylic oxidation sites excluding steroid dienone is 3. The lowest BCUT2D eigenvalue weighted by atomic mass is 10.1. The fourth-order valence-electron chi connectivity index (χ4n) is 2.03. The smallest absolute Gasteiger partial charge is 0.164 e. The van der Waals surface area contributed by atoms with Crippen molar-refractivity contribution in [3.05, 3.63) is 41.2 Å². The first-order valence-corrected chi connectivity index (χ1v) is 6.95. The summed E-state index contributed by atoms with van der Waals surface area (Å²) in [5.41, 5.74) is 2.86. The third-order valence-corrected chi connectivity index (χ3v) is 4.17. The number of hydrogen-bond acceptors (Lipinski definition) is 4. The van der Waals surface area contributed by atoms with Gasteiger partial charge in [0.1, 0.15) is 4.83 Å². The van der Waals surface area contributed by atoms with Crippen molar-refractivity contribution in [2.75, 3.05) is 7.05 Å². The van der Waals surface area contributed by atoms with Crippen LogP contribution in [0.25, 0.3) is 10.4 Å². The predicted molar refractivity (Wildman–Crippen MR) is 79.5 cm³/mol. The minimum Gasteiger partial charge on any atom is -0.391 e. The van der Waals surface area contributed by atoms with Crippen LogP contribution in [0.4, 0.5) is 0 Å². The molecule has 19 heavy (non-hydrogen) atoms. The van der Waals surface area contributed by atoms with Crippen molar-refractivity contribution in [1.82, 2.24) is 14.9 Å². The summed E-state index contributed by atoms with van der Waals surface area (Å²) in [5.74, 6) is 0.0388. The summed E-state index contributed by atoms with van der Waals surface area (Å²) in [4.78, 5) is 13.5. The molecule has 4 nitrogen and oxygen atoms in total. The van der Waals surface area contributed by atoms with Gasteiger partial charge in [0.2, 0.25) is 0 Å². The monoisotopic (exact) mass is 275 g/mol. The third kappa shape index (κ3) is 2.33. The Labute approximate surface area is 116 Å². The Bertz CT molecular complexity index is 657. The number of carbonyl (C=O) groups excluding carboxylic acids is 1. The highest BCUT2D eigenvalue weighted by Crippen LogP contribution is 2.30. The summed E-state index contributed by atoms with van der Waals surface area (Å²) in [6.45, 7) is 7.53. The summed E-state index contributed by atoms with van der Waals surface area (Å²) in [5, 5.41) is 7.41. The van der Waals surface area contributed by atoms with Crippen LogP contribution >= 0.6 is 11.3 Å². The summed E-state index contributed by atoms with van der Waals surface area (Å²) in [7, 11) is 1.90. The SMILES string of the molecule is C=C/C(=C(/CC)NC)c1cn2ncc(C(C)=O)c2s1. The second-order valence-electron chi connectivity index (χ2n) is 4.16. The van der Waals surface area contributed by atoms with Crippen LogP contribution in [0.5, 0.6) is 0 Å². The van der Waals surface area contributed by atoms with Gasteiger partial charge in [0.25, 0.3) is 0 Å². The van der Waals surface area contributed by atoms with Gasteiger partial charge >= 0.3 is 0 Å². The Kier molecular flexibility index (Phi) is 3.85. The second-order valence-corrected chi connectivity index (χ2v) is 5.19. The number of Topliss-reactive ketones (excluding diaryl/α,β-unsaturated/α-hetero) is 1. The number of nitrogens with one attached hydrogen (secondary N) is 1. The number of carbonyl (C=O) groups is 1. The quantitative estimate of drug-likeness (QED) is 0.673. The molecule has 0 aliphatic carbocycles. The van der Waals surface area contributed by atoms with E-state index < -0.39 is 0 Å². The van der Waals surface area contributed by atoms with Crippen molar-refractivity contribution in [2.45, 2.75) is 20.3 Å². The van der Waals surface area contributed by atoms with Crippen LogP contribution in [0.1, 0.15) is 35.5 Å². The Morgan fingerprint density at radius 1 is 1.63 bits per heavy atom. The molecular weight excluding hydrogens is 258 g/mol. The Morgan fingerprint density at radius 2 is 2.37 bits per heavy atom. The number of rotatable bonds is 5. The second kappa shape index (κ2) is 5.40. The average Bonchev–Trinajstić information content (AvgIpc) is 2.94. The molecule has 2 heterocycles. The molecule has 0 aliphatic heterocycles. The van der Waals surface area contributed by atoms with Gasteiger partial charge in [-0.15, -0.1) is 11.3 Å². The van der Waals surface area contributed by atoms with E-state index in [1.54, 1.807) is 29.0 Å². The normalized spacial score (nSPS) is 12.4. The zero-order valence-corrected chi connectivity index (χ0v) is 12.2. The molecule has 100 valence electrons. The molecule has 0 spiro atoms. The number of fused-ring (bicyclic) bond motifs is 1. The zero-order chi connectivity index (χ0) is 14.0. The third-order valence-electron chi connectivity index (χ3n) is 3.03. The number of ketones is 1. The van der Waals surface area contributed by atoms with Gasteiger partial charge in [0, 0.05) is 24.5 Å². The predicted octanol–water partition coefficient (Wildman–Crippen LogP) is 3.12. The number of aromatic nitrogens is 2. The van der Waals surface area contributed by atoms with Gasteiger partial charge in [-0.05, 0) is 13.3 Å². The highest BCUT2D eigenvalue weighted by atomic mass is 32.1. The van der Waals surface area contributed by atoms with E-state index in [0.29, 0.717) is 5.56 Å². The molecule has 2 rings (SSSR count). The largest absolute Gasteiger partial charge is 0.391 e. The van der Waals surface area contributed by atoms with E-state index in [4.69, 9.17) is 0 Å². The van der Waals surface area contributed by atoms with Crippen molar-refractivity contribution in [1.29, 1.82) is 0 Å². The Hall–Kier alpha value is -1.88.